The summed E-state index contributed by atoms with van der Waals surface area (Å²) in [6.07, 6.45) is 1.20. The van der Waals surface area contributed by atoms with Crippen LogP contribution in [-0.4, -0.2) is 57.5 Å². The van der Waals surface area contributed by atoms with E-state index < -0.39 is 34.5 Å². The van der Waals surface area contributed by atoms with Gasteiger partial charge in [-0.3, -0.25) is 15.0 Å². The third kappa shape index (κ3) is 8.37. The standard InChI is InChI=1S/C22H28N4O7S/c1-32-16-9-11-18(12-10-16)34(30,31)26-19(22(28)29)14-25-20(27)4-2-3-13-33-17-7-5-15(6-8-17)21(23)24/h5-12,19,26H,2-4,13-14H2,1H3,(H3,23,24)(H,25,27)(H,28,29)/t19-/m0/s1. The Labute approximate surface area is 197 Å². The number of hydrogen-bond acceptors (Lipinski definition) is 7. The smallest absolute Gasteiger partial charge is 0.323 e. The maximum absolute atomic E-state index is 12.4. The average Bonchev–Trinajstić information content (AvgIpc) is 2.81. The maximum Gasteiger partial charge on any atom is 0.323 e. The minimum atomic E-state index is -4.11. The molecule has 0 aliphatic heterocycles. The van der Waals surface area contributed by atoms with Crippen LogP contribution in [0.4, 0.5) is 0 Å². The quantitative estimate of drug-likeness (QED) is 0.147. The molecule has 184 valence electrons. The Morgan fingerprint density at radius 2 is 1.68 bits per heavy atom. The lowest BCUT2D eigenvalue weighted by Crippen LogP contribution is -2.48. The highest BCUT2D eigenvalue weighted by atomic mass is 32.2. The lowest BCUT2D eigenvalue weighted by molar-refractivity contribution is -0.138. The topological polar surface area (TPSA) is 181 Å². The highest BCUT2D eigenvalue weighted by Crippen LogP contribution is 2.16. The summed E-state index contributed by atoms with van der Waals surface area (Å²) in [4.78, 5) is 23.4. The molecule has 34 heavy (non-hydrogen) atoms. The van der Waals surface area contributed by atoms with E-state index in [1.807, 2.05) is 0 Å². The van der Waals surface area contributed by atoms with Crippen LogP contribution in [0.5, 0.6) is 11.5 Å². The Kier molecular flexibility index (Phi) is 9.83. The van der Waals surface area contributed by atoms with Gasteiger partial charge in [0.2, 0.25) is 15.9 Å². The number of amidine groups is 1. The summed E-state index contributed by atoms with van der Waals surface area (Å²) in [5.41, 5.74) is 5.98. The molecule has 12 heteroatoms. The van der Waals surface area contributed by atoms with E-state index in [2.05, 4.69) is 10.0 Å². The van der Waals surface area contributed by atoms with Gasteiger partial charge >= 0.3 is 5.97 Å². The molecule has 0 saturated heterocycles. The van der Waals surface area contributed by atoms with Crippen LogP contribution in [0.3, 0.4) is 0 Å². The first-order valence-electron chi connectivity index (χ1n) is 10.4. The zero-order chi connectivity index (χ0) is 25.1. The zero-order valence-electron chi connectivity index (χ0n) is 18.6. The number of carboxylic acid groups (broad SMARTS) is 1. The van der Waals surface area contributed by atoms with Gasteiger partial charge in [0.1, 0.15) is 23.4 Å². The minimum absolute atomic E-state index is 0.0313. The Balaban J connectivity index is 1.74. The van der Waals surface area contributed by atoms with E-state index in [-0.39, 0.29) is 17.2 Å². The molecule has 0 radical (unpaired) electrons. The number of carboxylic acids is 1. The number of rotatable bonds is 14. The van der Waals surface area contributed by atoms with Crippen molar-refractivity contribution >= 4 is 27.7 Å². The van der Waals surface area contributed by atoms with Gasteiger partial charge in [0.05, 0.1) is 18.6 Å². The number of aliphatic carboxylic acids is 1. The summed E-state index contributed by atoms with van der Waals surface area (Å²) in [5.74, 6) is -0.779. The largest absolute Gasteiger partial charge is 0.497 e. The van der Waals surface area contributed by atoms with Gasteiger partial charge in [-0.1, -0.05) is 0 Å². The maximum atomic E-state index is 12.4. The molecule has 0 fully saturated rings. The molecule has 1 amide bonds. The molecule has 0 bridgehead atoms. The number of hydrogen-bond donors (Lipinski definition) is 5. The molecule has 6 N–H and O–H groups in total. The number of carbonyl (C=O) groups excluding carboxylic acids is 1. The number of benzene rings is 2. The van der Waals surface area contributed by atoms with E-state index in [0.29, 0.717) is 36.5 Å². The van der Waals surface area contributed by atoms with Gasteiger partial charge in [0.15, 0.2) is 0 Å². The minimum Gasteiger partial charge on any atom is -0.497 e. The van der Waals surface area contributed by atoms with Crippen LogP contribution < -0.4 is 25.2 Å². The van der Waals surface area contributed by atoms with Crippen LogP contribution in [-0.2, 0) is 19.6 Å². The van der Waals surface area contributed by atoms with Gasteiger partial charge in [-0.2, -0.15) is 4.72 Å². The van der Waals surface area contributed by atoms with Crippen molar-refractivity contribution in [2.24, 2.45) is 5.73 Å². The highest BCUT2D eigenvalue weighted by molar-refractivity contribution is 7.89. The van der Waals surface area contributed by atoms with Crippen LogP contribution in [0.2, 0.25) is 0 Å². The summed E-state index contributed by atoms with van der Waals surface area (Å²) in [5, 5.41) is 19.1. The molecule has 2 rings (SSSR count). The van der Waals surface area contributed by atoms with Crippen LogP contribution in [0.25, 0.3) is 0 Å². The lowest BCUT2D eigenvalue weighted by atomic mass is 10.2. The van der Waals surface area contributed by atoms with Crippen molar-refractivity contribution in [2.45, 2.75) is 30.2 Å². The number of methoxy groups -OCH3 is 1. The van der Waals surface area contributed by atoms with E-state index in [1.54, 1.807) is 24.3 Å². The number of ether oxygens (including phenoxy) is 2. The molecule has 1 atom stereocenters. The van der Waals surface area contributed by atoms with Crippen LogP contribution >= 0.6 is 0 Å². The molecule has 0 spiro atoms. The number of unbranched alkanes of at least 4 members (excludes halogenated alkanes) is 1. The third-order valence-corrected chi connectivity index (χ3v) is 6.19. The molecule has 0 aliphatic rings. The third-order valence-electron chi connectivity index (χ3n) is 4.70. The molecule has 0 unspecified atom stereocenters. The predicted octanol–water partition coefficient (Wildman–Crippen LogP) is 1.08. The van der Waals surface area contributed by atoms with Crippen molar-refractivity contribution < 1.29 is 32.6 Å². The van der Waals surface area contributed by atoms with Crippen LogP contribution in [0, 0.1) is 5.41 Å². The lowest BCUT2D eigenvalue weighted by Gasteiger charge is -2.16. The number of sulfonamides is 1. The Morgan fingerprint density at radius 1 is 1.06 bits per heavy atom. The second-order valence-corrected chi connectivity index (χ2v) is 8.95. The molecular formula is C22H28N4O7S. The fraction of sp³-hybridized carbons (Fsp3) is 0.318. The zero-order valence-corrected chi connectivity index (χ0v) is 19.4. The second kappa shape index (κ2) is 12.6. The Bertz CT molecular complexity index is 1090. The summed E-state index contributed by atoms with van der Waals surface area (Å²) >= 11 is 0. The number of nitrogen functional groups attached to an aromatic ring is 1. The molecule has 0 heterocycles. The van der Waals surface area contributed by atoms with Gasteiger partial charge in [0, 0.05) is 18.5 Å². The number of carbonyl (C=O) groups is 2. The summed E-state index contributed by atoms with van der Waals surface area (Å²) < 4.78 is 37.5. The van der Waals surface area contributed by atoms with Crippen molar-refractivity contribution in [3.63, 3.8) is 0 Å². The molecule has 2 aromatic rings. The number of nitrogens with one attached hydrogen (secondary N) is 3. The van der Waals surface area contributed by atoms with Gasteiger partial charge in [-0.25, -0.2) is 8.42 Å². The molecule has 0 saturated carbocycles. The fourth-order valence-electron chi connectivity index (χ4n) is 2.80. The Morgan fingerprint density at radius 3 is 2.24 bits per heavy atom. The van der Waals surface area contributed by atoms with Gasteiger partial charge in [-0.15, -0.1) is 0 Å². The molecule has 2 aromatic carbocycles. The molecule has 11 nitrogen and oxygen atoms in total. The molecular weight excluding hydrogens is 464 g/mol. The highest BCUT2D eigenvalue weighted by Gasteiger charge is 2.26. The van der Waals surface area contributed by atoms with E-state index in [9.17, 15) is 23.1 Å². The van der Waals surface area contributed by atoms with Gasteiger partial charge < -0.3 is 25.6 Å². The van der Waals surface area contributed by atoms with E-state index in [4.69, 9.17) is 20.6 Å². The Hall–Kier alpha value is -3.64. The normalized spacial score (nSPS) is 11.9. The predicted molar refractivity (Wildman–Crippen MR) is 125 cm³/mol. The van der Waals surface area contributed by atoms with Crippen molar-refractivity contribution in [3.05, 3.63) is 54.1 Å². The van der Waals surface area contributed by atoms with Crippen LogP contribution in [0.15, 0.2) is 53.4 Å². The van der Waals surface area contributed by atoms with E-state index in [0.717, 1.165) is 0 Å². The fourth-order valence-corrected chi connectivity index (χ4v) is 3.99. The number of nitrogens with two attached hydrogens (primary N) is 1. The first-order chi connectivity index (χ1) is 16.1. The average molecular weight is 493 g/mol. The molecule has 0 aromatic heterocycles. The van der Waals surface area contributed by atoms with Gasteiger partial charge in [-0.05, 0) is 61.4 Å². The summed E-state index contributed by atoms with van der Waals surface area (Å²) in [6.45, 7) is -0.0331. The van der Waals surface area contributed by atoms with Gasteiger partial charge in [0.25, 0.3) is 0 Å². The first kappa shape index (κ1) is 26.6. The van der Waals surface area contributed by atoms with Crippen molar-refractivity contribution in [2.75, 3.05) is 20.3 Å². The monoisotopic (exact) mass is 492 g/mol. The van der Waals surface area contributed by atoms with Crippen molar-refractivity contribution in [1.29, 1.82) is 5.41 Å². The molecule has 0 aliphatic carbocycles. The van der Waals surface area contributed by atoms with Crippen LogP contribution in [0.1, 0.15) is 24.8 Å². The summed E-state index contributed by atoms with van der Waals surface area (Å²) in [6, 6.07) is 10.7. The SMILES string of the molecule is COc1ccc(S(=O)(=O)N[C@@H](CNC(=O)CCCCOc2ccc(C(=N)N)cc2)C(=O)O)cc1. The number of amides is 1. The van der Waals surface area contributed by atoms with Crippen molar-refractivity contribution in [1.82, 2.24) is 10.0 Å². The summed E-state index contributed by atoms with van der Waals surface area (Å²) in [7, 11) is -2.67. The second-order valence-electron chi connectivity index (χ2n) is 7.24. The first-order valence-corrected chi connectivity index (χ1v) is 11.8. The van der Waals surface area contributed by atoms with E-state index in [1.165, 1.54) is 31.4 Å². The van der Waals surface area contributed by atoms with E-state index >= 15 is 0 Å². The van der Waals surface area contributed by atoms with Crippen molar-refractivity contribution in [3.8, 4) is 11.5 Å².